The standard InChI is InChI=1S/C15H26O2/c1-10(2)11-5-7-14(3)12(9-11)15(4,17)8-6-13(14)16/h5,10,12-13,16-17H,6-9H2,1-4H3/t12-,13-,14+,15-/m0/s1. The fourth-order valence-electron chi connectivity index (χ4n) is 3.75. The summed E-state index contributed by atoms with van der Waals surface area (Å²) in [5.41, 5.74) is 0.685. The quantitative estimate of drug-likeness (QED) is 0.690. The molecule has 0 unspecified atom stereocenters. The maximum absolute atomic E-state index is 10.6. The van der Waals surface area contributed by atoms with E-state index >= 15 is 0 Å². The first kappa shape index (κ1) is 13.1. The van der Waals surface area contributed by atoms with Crippen LogP contribution >= 0.6 is 0 Å². The van der Waals surface area contributed by atoms with Gasteiger partial charge in [-0.3, -0.25) is 0 Å². The Morgan fingerprint density at radius 1 is 1.35 bits per heavy atom. The van der Waals surface area contributed by atoms with E-state index in [9.17, 15) is 10.2 Å². The molecule has 98 valence electrons. The molecule has 0 heterocycles. The summed E-state index contributed by atoms with van der Waals surface area (Å²) in [4.78, 5) is 0. The molecular formula is C15H26O2. The van der Waals surface area contributed by atoms with E-state index in [1.54, 1.807) is 0 Å². The molecule has 0 aromatic carbocycles. The number of hydrogen-bond donors (Lipinski definition) is 2. The number of aliphatic hydroxyl groups is 2. The molecule has 0 aromatic rings. The monoisotopic (exact) mass is 238 g/mol. The summed E-state index contributed by atoms with van der Waals surface area (Å²) < 4.78 is 0. The van der Waals surface area contributed by atoms with Gasteiger partial charge in [0, 0.05) is 5.41 Å². The number of allylic oxidation sites excluding steroid dienone is 2. The van der Waals surface area contributed by atoms with Crippen molar-refractivity contribution >= 4 is 0 Å². The molecule has 2 nitrogen and oxygen atoms in total. The molecule has 0 radical (unpaired) electrons. The van der Waals surface area contributed by atoms with Crippen LogP contribution in [0.15, 0.2) is 11.6 Å². The van der Waals surface area contributed by atoms with Crippen LogP contribution < -0.4 is 0 Å². The van der Waals surface area contributed by atoms with Crippen LogP contribution in [0.5, 0.6) is 0 Å². The number of aliphatic hydroxyl groups excluding tert-OH is 1. The third kappa shape index (κ3) is 2.06. The van der Waals surface area contributed by atoms with E-state index in [2.05, 4.69) is 26.8 Å². The lowest BCUT2D eigenvalue weighted by molar-refractivity contribution is -0.152. The van der Waals surface area contributed by atoms with Gasteiger partial charge in [0.05, 0.1) is 11.7 Å². The Balaban J connectivity index is 2.33. The number of hydrogen-bond acceptors (Lipinski definition) is 2. The zero-order chi connectivity index (χ0) is 12.8. The van der Waals surface area contributed by atoms with E-state index < -0.39 is 5.60 Å². The Kier molecular flexibility index (Phi) is 3.16. The molecule has 2 heteroatoms. The van der Waals surface area contributed by atoms with Gasteiger partial charge in [-0.2, -0.15) is 0 Å². The second kappa shape index (κ2) is 4.10. The van der Waals surface area contributed by atoms with Crippen molar-refractivity contribution in [3.05, 3.63) is 11.6 Å². The third-order valence-electron chi connectivity index (χ3n) is 5.22. The highest BCUT2D eigenvalue weighted by molar-refractivity contribution is 5.19. The summed E-state index contributed by atoms with van der Waals surface area (Å²) in [7, 11) is 0. The minimum absolute atomic E-state index is 0.139. The molecule has 2 rings (SSSR count). The van der Waals surface area contributed by atoms with E-state index in [-0.39, 0.29) is 17.4 Å². The first-order chi connectivity index (χ1) is 7.77. The van der Waals surface area contributed by atoms with Crippen molar-refractivity contribution in [2.24, 2.45) is 17.3 Å². The van der Waals surface area contributed by atoms with Gasteiger partial charge < -0.3 is 10.2 Å². The fraction of sp³-hybridized carbons (Fsp3) is 0.867. The lowest BCUT2D eigenvalue weighted by atomic mass is 9.54. The topological polar surface area (TPSA) is 40.5 Å². The molecular weight excluding hydrogens is 212 g/mol. The lowest BCUT2D eigenvalue weighted by Gasteiger charge is -2.54. The maximum Gasteiger partial charge on any atom is 0.0658 e. The summed E-state index contributed by atoms with van der Waals surface area (Å²) in [5.74, 6) is 0.746. The minimum Gasteiger partial charge on any atom is -0.393 e. The first-order valence-electron chi connectivity index (χ1n) is 6.87. The lowest BCUT2D eigenvalue weighted by Crippen LogP contribution is -2.56. The molecule has 0 amide bonds. The van der Waals surface area contributed by atoms with Crippen LogP contribution in [0, 0.1) is 17.3 Å². The molecule has 0 spiro atoms. The zero-order valence-corrected chi connectivity index (χ0v) is 11.5. The van der Waals surface area contributed by atoms with Crippen LogP contribution in [0.1, 0.15) is 53.4 Å². The van der Waals surface area contributed by atoms with Gasteiger partial charge in [-0.25, -0.2) is 0 Å². The summed E-state index contributed by atoms with van der Waals surface area (Å²) in [6, 6.07) is 0. The van der Waals surface area contributed by atoms with Crippen LogP contribution in [0.2, 0.25) is 0 Å². The van der Waals surface area contributed by atoms with E-state index in [1.165, 1.54) is 5.57 Å². The highest BCUT2D eigenvalue weighted by Crippen LogP contribution is 2.54. The van der Waals surface area contributed by atoms with Crippen molar-refractivity contribution in [3.63, 3.8) is 0 Å². The second-order valence-electron chi connectivity index (χ2n) is 6.81. The van der Waals surface area contributed by atoms with Crippen LogP contribution in [0.4, 0.5) is 0 Å². The van der Waals surface area contributed by atoms with Gasteiger partial charge in [0.2, 0.25) is 0 Å². The molecule has 0 bridgehead atoms. The Morgan fingerprint density at radius 2 is 2.00 bits per heavy atom. The summed E-state index contributed by atoms with van der Waals surface area (Å²) in [6.07, 6.45) is 5.33. The first-order valence-corrected chi connectivity index (χ1v) is 6.87. The van der Waals surface area contributed by atoms with Crippen molar-refractivity contribution in [2.75, 3.05) is 0 Å². The van der Waals surface area contributed by atoms with E-state index in [4.69, 9.17) is 0 Å². The Hall–Kier alpha value is -0.340. The average molecular weight is 238 g/mol. The van der Waals surface area contributed by atoms with Crippen molar-refractivity contribution in [1.82, 2.24) is 0 Å². The highest BCUT2D eigenvalue weighted by Gasteiger charge is 2.53. The number of rotatable bonds is 1. The van der Waals surface area contributed by atoms with Gasteiger partial charge in [0.25, 0.3) is 0 Å². The normalized spacial score (nSPS) is 46.6. The molecule has 0 aliphatic heterocycles. The van der Waals surface area contributed by atoms with Crippen molar-refractivity contribution in [3.8, 4) is 0 Å². The van der Waals surface area contributed by atoms with Crippen molar-refractivity contribution < 1.29 is 10.2 Å². The Morgan fingerprint density at radius 3 is 2.59 bits per heavy atom. The van der Waals surface area contributed by atoms with Crippen LogP contribution in [0.25, 0.3) is 0 Å². The van der Waals surface area contributed by atoms with Gasteiger partial charge in [0.1, 0.15) is 0 Å². The Bertz CT molecular complexity index is 330. The fourth-order valence-corrected chi connectivity index (χ4v) is 3.75. The van der Waals surface area contributed by atoms with Crippen molar-refractivity contribution in [2.45, 2.75) is 65.1 Å². The van der Waals surface area contributed by atoms with Crippen LogP contribution in [0.3, 0.4) is 0 Å². The SMILES string of the molecule is CC(C)C1=CC[C@@]2(C)[C@@H](O)CC[C@](C)(O)[C@H]2C1. The predicted octanol–water partition coefficient (Wildman–Crippen LogP) is 2.89. The number of fused-ring (bicyclic) bond motifs is 1. The van der Waals surface area contributed by atoms with E-state index in [0.29, 0.717) is 5.92 Å². The summed E-state index contributed by atoms with van der Waals surface area (Å²) >= 11 is 0. The smallest absolute Gasteiger partial charge is 0.0658 e. The average Bonchev–Trinajstić information content (AvgIpc) is 2.24. The van der Waals surface area contributed by atoms with Crippen molar-refractivity contribution in [1.29, 1.82) is 0 Å². The Labute approximate surface area is 105 Å². The molecule has 0 saturated heterocycles. The summed E-state index contributed by atoms with van der Waals surface area (Å²) in [5, 5.41) is 20.9. The van der Waals surface area contributed by atoms with Crippen LogP contribution in [-0.4, -0.2) is 21.9 Å². The van der Waals surface area contributed by atoms with Crippen LogP contribution in [-0.2, 0) is 0 Å². The molecule has 2 N–H and O–H groups in total. The molecule has 2 aliphatic carbocycles. The van der Waals surface area contributed by atoms with Gasteiger partial charge in [-0.15, -0.1) is 0 Å². The second-order valence-corrected chi connectivity index (χ2v) is 6.81. The van der Waals surface area contributed by atoms with Gasteiger partial charge in [-0.05, 0) is 44.4 Å². The van der Waals surface area contributed by atoms with Gasteiger partial charge in [0.15, 0.2) is 0 Å². The molecule has 4 atom stereocenters. The third-order valence-corrected chi connectivity index (χ3v) is 5.22. The van der Waals surface area contributed by atoms with Gasteiger partial charge >= 0.3 is 0 Å². The zero-order valence-electron chi connectivity index (χ0n) is 11.5. The highest BCUT2D eigenvalue weighted by atomic mass is 16.3. The predicted molar refractivity (Wildman–Crippen MR) is 69.6 cm³/mol. The largest absolute Gasteiger partial charge is 0.393 e. The van der Waals surface area contributed by atoms with E-state index in [0.717, 1.165) is 25.7 Å². The molecule has 17 heavy (non-hydrogen) atoms. The summed E-state index contributed by atoms with van der Waals surface area (Å²) in [6.45, 7) is 8.51. The molecule has 1 saturated carbocycles. The van der Waals surface area contributed by atoms with E-state index in [1.807, 2.05) is 6.92 Å². The molecule has 2 aliphatic rings. The molecule has 0 aromatic heterocycles. The minimum atomic E-state index is -0.623. The molecule has 1 fully saturated rings. The van der Waals surface area contributed by atoms with Gasteiger partial charge in [-0.1, -0.05) is 32.4 Å². The maximum atomic E-state index is 10.6.